The van der Waals surface area contributed by atoms with Gasteiger partial charge in [-0.3, -0.25) is 14.0 Å². The molecule has 2 atom stereocenters. The van der Waals surface area contributed by atoms with Gasteiger partial charge in [-0.25, -0.2) is 42.3 Å². The first-order valence-corrected chi connectivity index (χ1v) is 20.4. The van der Waals surface area contributed by atoms with Crippen LogP contribution < -0.4 is 22.8 Å². The van der Waals surface area contributed by atoms with Crippen LogP contribution in [0.15, 0.2) is 67.7 Å². The van der Waals surface area contributed by atoms with Gasteiger partial charge in [-0.2, -0.15) is 9.97 Å². The second-order valence-electron chi connectivity index (χ2n) is 13.9. The first kappa shape index (κ1) is 45.6. The van der Waals surface area contributed by atoms with Gasteiger partial charge in [-0.05, 0) is 83.4 Å². The number of ether oxygens (including phenoxy) is 1. The lowest BCUT2D eigenvalue weighted by Crippen LogP contribution is -2.47. The molecule has 2 bridgehead atoms. The Labute approximate surface area is 342 Å². The monoisotopic (exact) mass is 871 g/mol. The third-order valence-electron chi connectivity index (χ3n) is 10.3. The smallest absolute Gasteiger partial charge is 0.414 e. The summed E-state index contributed by atoms with van der Waals surface area (Å²) in [6.07, 6.45) is 5.63. The molecule has 2 aliphatic rings. The predicted molar refractivity (Wildman–Crippen MR) is 218 cm³/mol. The molecule has 0 amide bonds. The van der Waals surface area contributed by atoms with Gasteiger partial charge in [0.25, 0.3) is 0 Å². The summed E-state index contributed by atoms with van der Waals surface area (Å²) in [4.78, 5) is 76.8. The minimum absolute atomic E-state index is 0.0951. The average molecular weight is 873 g/mol. The van der Waals surface area contributed by atoms with Crippen molar-refractivity contribution in [3.05, 3.63) is 113 Å². The molecular weight excluding hydrogens is 821 g/mol. The zero-order chi connectivity index (χ0) is 42.5. The minimum Gasteiger partial charge on any atom is -0.473 e. The number of piperidine rings is 1. The van der Waals surface area contributed by atoms with Crippen molar-refractivity contribution in [2.75, 3.05) is 11.9 Å². The third-order valence-corrected chi connectivity index (χ3v) is 10.9. The van der Waals surface area contributed by atoms with Gasteiger partial charge < -0.3 is 14.9 Å². The van der Waals surface area contributed by atoms with Crippen LogP contribution in [0.5, 0.6) is 0 Å². The summed E-state index contributed by atoms with van der Waals surface area (Å²) in [6.45, 7) is 10.00. The lowest BCUT2D eigenvalue weighted by molar-refractivity contribution is -0.159. The van der Waals surface area contributed by atoms with Crippen LogP contribution in [0.3, 0.4) is 0 Å². The van der Waals surface area contributed by atoms with Crippen LogP contribution in [0.4, 0.5) is 4.39 Å². The molecule has 2 unspecified atom stereocenters. The highest BCUT2D eigenvalue weighted by Gasteiger charge is 2.40. The molecule has 6 rings (SSSR count). The van der Waals surface area contributed by atoms with Crippen molar-refractivity contribution in [1.82, 2.24) is 33.1 Å². The molecule has 4 heterocycles. The number of carboxylic acid groups (broad SMARTS) is 2. The van der Waals surface area contributed by atoms with Gasteiger partial charge in [-0.15, -0.1) is 0 Å². The molecule has 2 N–H and O–H groups in total. The van der Waals surface area contributed by atoms with Gasteiger partial charge in [0.05, 0.1) is 12.7 Å². The molecule has 2 aromatic heterocycles. The molecule has 16 nitrogen and oxygen atoms in total. The number of carbonyl (C=O) groups is 2. The van der Waals surface area contributed by atoms with E-state index >= 15 is 0 Å². The van der Waals surface area contributed by atoms with Gasteiger partial charge in [0.2, 0.25) is 0 Å². The molecule has 58 heavy (non-hydrogen) atoms. The van der Waals surface area contributed by atoms with E-state index in [1.54, 1.807) is 19.9 Å². The fraction of sp³-hybridized carbons (Fsp3) is 0.500. The summed E-state index contributed by atoms with van der Waals surface area (Å²) in [5.41, 5.74) is 1.01. The molecule has 18 heteroatoms. The van der Waals surface area contributed by atoms with Crippen molar-refractivity contribution in [2.45, 2.75) is 117 Å². The fourth-order valence-electron chi connectivity index (χ4n) is 7.51. The number of halogens is 2. The average Bonchev–Trinajstić information content (AvgIpc) is 3.42. The van der Waals surface area contributed by atoms with Crippen LogP contribution in [0.25, 0.3) is 11.1 Å². The topological polar surface area (TPSA) is 201 Å². The Morgan fingerprint density at radius 1 is 0.759 bits per heavy atom. The van der Waals surface area contributed by atoms with Crippen LogP contribution in [-0.4, -0.2) is 85.4 Å². The predicted octanol–water partition coefficient (Wildman–Crippen LogP) is 3.82. The largest absolute Gasteiger partial charge is 0.473 e. The molecule has 0 radical (unpaired) electrons. The molecule has 0 aliphatic carbocycles. The first-order chi connectivity index (χ1) is 27.7. The van der Waals surface area contributed by atoms with E-state index < -0.39 is 23.3 Å². The van der Waals surface area contributed by atoms with Crippen molar-refractivity contribution in [2.24, 2.45) is 0 Å². The summed E-state index contributed by atoms with van der Waals surface area (Å²) in [5.74, 6) is -2.95. The van der Waals surface area contributed by atoms with E-state index in [0.29, 0.717) is 55.5 Å². The van der Waals surface area contributed by atoms with E-state index in [1.807, 2.05) is 50.2 Å². The second-order valence-corrected chi connectivity index (χ2v) is 14.7. The molecule has 314 valence electrons. The van der Waals surface area contributed by atoms with Crippen molar-refractivity contribution < 1.29 is 28.9 Å². The van der Waals surface area contributed by atoms with Crippen molar-refractivity contribution in [3.8, 4) is 11.1 Å². The number of carboxylic acids is 2. The Bertz CT molecular complexity index is 2250. The Morgan fingerprint density at radius 3 is 1.76 bits per heavy atom. The van der Waals surface area contributed by atoms with Gasteiger partial charge in [0, 0.05) is 55.7 Å². The lowest BCUT2D eigenvalue weighted by atomic mass is 9.98. The highest BCUT2D eigenvalue weighted by atomic mass is 79.9. The van der Waals surface area contributed by atoms with E-state index in [9.17, 15) is 23.6 Å². The molecular formula is C40H51BrFN7O9. The molecule has 0 spiro atoms. The zero-order valence-electron chi connectivity index (χ0n) is 33.2. The number of hydrogen-bond acceptors (Lipinski definition) is 10. The molecule has 0 saturated carbocycles. The van der Waals surface area contributed by atoms with Crippen molar-refractivity contribution >= 4 is 27.9 Å². The van der Waals surface area contributed by atoms with Crippen LogP contribution in [0, 0.1) is 19.7 Å². The normalized spacial score (nSPS) is 17.2. The molecule has 2 aliphatic heterocycles. The highest BCUT2D eigenvalue weighted by molar-refractivity contribution is 9.09. The Kier molecular flexibility index (Phi) is 17.0. The van der Waals surface area contributed by atoms with Crippen LogP contribution in [0.1, 0.15) is 69.6 Å². The summed E-state index contributed by atoms with van der Waals surface area (Å²) >= 11 is 3.26. The number of alkyl halides is 1. The number of benzene rings is 2. The van der Waals surface area contributed by atoms with Crippen molar-refractivity contribution in [1.29, 1.82) is 0 Å². The Balaban J connectivity index is 0.000000292. The Hall–Kier alpha value is -5.07. The maximum atomic E-state index is 14.8. The molecule has 2 saturated heterocycles. The van der Waals surface area contributed by atoms with Gasteiger partial charge in [-0.1, -0.05) is 58.4 Å². The van der Waals surface area contributed by atoms with E-state index in [-0.39, 0.29) is 29.9 Å². The SMILES string of the molecule is CCn1c(C)nc(=O)n(CCCBr)c1=O.CCn1c(C)nc(=O)n(CCCN2C3CCC2CC(OCc2c(F)cccc2-c2ccccc2)C3)c1=O.O=C(O)C(=O)O. The number of aryl methyl sites for hydroxylation is 2. The van der Waals surface area contributed by atoms with Crippen LogP contribution >= 0.6 is 15.9 Å². The quantitative estimate of drug-likeness (QED) is 0.146. The number of aromatic nitrogens is 6. The second kappa shape index (κ2) is 21.6. The summed E-state index contributed by atoms with van der Waals surface area (Å²) in [7, 11) is 0. The van der Waals surface area contributed by atoms with Crippen LogP contribution in [-0.2, 0) is 47.1 Å². The van der Waals surface area contributed by atoms with Crippen LogP contribution in [0.2, 0.25) is 0 Å². The van der Waals surface area contributed by atoms with E-state index in [2.05, 4.69) is 30.8 Å². The maximum Gasteiger partial charge on any atom is 0.414 e. The maximum absolute atomic E-state index is 14.8. The van der Waals surface area contributed by atoms with Gasteiger partial charge in [0.15, 0.2) is 0 Å². The third kappa shape index (κ3) is 11.5. The zero-order valence-corrected chi connectivity index (χ0v) is 34.8. The number of nitrogens with zero attached hydrogens (tertiary/aromatic N) is 7. The summed E-state index contributed by atoms with van der Waals surface area (Å²) in [6, 6.07) is 15.9. The standard InChI is InChI=1S/C29H35FN4O3.C9H14BrN3O2.C2H2O4/c1-3-32-20(2)31-28(35)34(29(32)36)16-8-15-33-22-13-14-23(33)18-24(17-22)37-19-26-25(11-7-12-27(26)30)21-9-5-4-6-10-21;1-3-12-7(2)11-8(14)13(9(12)15)6-4-5-10;3-1(4)2(5)6/h4-7,9-12,22-24H,3,8,13-19H2,1-2H3;3-6H2,1-2H3;(H,3,4)(H,5,6). The highest BCUT2D eigenvalue weighted by Crippen LogP contribution is 2.37. The number of fused-ring (bicyclic) bond motifs is 2. The number of hydrogen-bond donors (Lipinski definition) is 2. The summed E-state index contributed by atoms with van der Waals surface area (Å²) < 4.78 is 26.6. The van der Waals surface area contributed by atoms with Crippen molar-refractivity contribution in [3.63, 3.8) is 0 Å². The van der Waals surface area contributed by atoms with E-state index in [4.69, 9.17) is 24.5 Å². The molecule has 2 aromatic carbocycles. The minimum atomic E-state index is -1.82. The number of aliphatic carboxylic acids is 2. The van der Waals surface area contributed by atoms with Gasteiger partial charge in [0.1, 0.15) is 17.5 Å². The molecule has 2 fully saturated rings. The summed E-state index contributed by atoms with van der Waals surface area (Å²) in [5, 5.41) is 15.5. The fourth-order valence-corrected chi connectivity index (χ4v) is 7.76. The van der Waals surface area contributed by atoms with E-state index in [1.165, 1.54) is 24.3 Å². The first-order valence-electron chi connectivity index (χ1n) is 19.3. The Morgan fingerprint density at radius 2 is 1.28 bits per heavy atom. The lowest BCUT2D eigenvalue weighted by Gasteiger charge is -2.39. The van der Waals surface area contributed by atoms with Gasteiger partial charge >= 0.3 is 34.7 Å². The van der Waals surface area contributed by atoms with E-state index in [0.717, 1.165) is 61.5 Å². The molecule has 4 aromatic rings. The number of rotatable bonds is 13.